The molecule has 1 fully saturated rings. The number of hydrogen-bond acceptors (Lipinski definition) is 6. The lowest BCUT2D eigenvalue weighted by Gasteiger charge is -2.48. The van der Waals surface area contributed by atoms with E-state index in [1.807, 2.05) is 39.8 Å². The zero-order valence-electron chi connectivity index (χ0n) is 24.0. The molecule has 0 radical (unpaired) electrons. The molecule has 1 aromatic carbocycles. The zero-order valence-corrected chi connectivity index (χ0v) is 24.0. The molecule has 0 bridgehead atoms. The lowest BCUT2D eigenvalue weighted by Crippen LogP contribution is -2.65. The molecular weight excluding hydrogens is 472 g/mol. The first kappa shape index (κ1) is 30.3. The maximum Gasteiger partial charge on any atom is 0.311 e. The van der Waals surface area contributed by atoms with Crippen molar-refractivity contribution in [3.8, 4) is 0 Å². The van der Waals surface area contributed by atoms with Crippen molar-refractivity contribution < 1.29 is 28.7 Å². The quantitative estimate of drug-likeness (QED) is 0.481. The van der Waals surface area contributed by atoms with Crippen molar-refractivity contribution >= 4 is 29.4 Å². The number of amides is 2. The molecule has 0 spiro atoms. The van der Waals surface area contributed by atoms with Crippen molar-refractivity contribution in [1.82, 2.24) is 5.32 Å². The number of carbonyl (C=O) groups excluding carboxylic acids is 4. The third-order valence-corrected chi connectivity index (χ3v) is 6.17. The summed E-state index contributed by atoms with van der Waals surface area (Å²) in [5.41, 5.74) is -0.689. The average molecular weight is 517 g/mol. The Morgan fingerprint density at radius 3 is 1.57 bits per heavy atom. The van der Waals surface area contributed by atoms with Gasteiger partial charge in [-0.05, 0) is 80.9 Å². The largest absolute Gasteiger partial charge is 0.460 e. The summed E-state index contributed by atoms with van der Waals surface area (Å²) in [5.74, 6) is -6.89. The fourth-order valence-electron chi connectivity index (χ4n) is 4.69. The Bertz CT molecular complexity index is 965. The van der Waals surface area contributed by atoms with Crippen LogP contribution in [0.2, 0.25) is 0 Å². The van der Waals surface area contributed by atoms with Crippen LogP contribution in [0, 0.1) is 30.6 Å². The molecule has 2 rings (SSSR count). The first-order valence-corrected chi connectivity index (χ1v) is 13.0. The van der Waals surface area contributed by atoms with Gasteiger partial charge in [0.25, 0.3) is 0 Å². The molecule has 1 saturated carbocycles. The minimum absolute atomic E-state index is 0.468. The van der Waals surface area contributed by atoms with Crippen LogP contribution in [-0.2, 0) is 28.7 Å². The van der Waals surface area contributed by atoms with Crippen molar-refractivity contribution in [3.63, 3.8) is 0 Å². The highest BCUT2D eigenvalue weighted by atomic mass is 16.6. The summed E-state index contributed by atoms with van der Waals surface area (Å²) in [6.07, 6.45) is 1.54. The van der Waals surface area contributed by atoms with Crippen LogP contribution >= 0.6 is 0 Å². The second-order valence-electron chi connectivity index (χ2n) is 12.6. The van der Waals surface area contributed by atoms with Crippen LogP contribution in [0.4, 0.5) is 5.69 Å². The summed E-state index contributed by atoms with van der Waals surface area (Å²) < 4.78 is 11.2. The van der Waals surface area contributed by atoms with Crippen molar-refractivity contribution in [2.45, 2.75) is 98.8 Å². The number of rotatable bonds is 8. The van der Waals surface area contributed by atoms with Crippen LogP contribution in [0.1, 0.15) is 80.7 Å². The molecule has 0 heterocycles. The number of esters is 2. The topological polar surface area (TPSA) is 111 Å². The summed E-state index contributed by atoms with van der Waals surface area (Å²) in [7, 11) is 0. The van der Waals surface area contributed by atoms with E-state index in [-0.39, 0.29) is 0 Å². The van der Waals surface area contributed by atoms with Gasteiger partial charge in [-0.25, -0.2) is 0 Å². The molecule has 2 N–H and O–H groups in total. The molecule has 2 atom stereocenters. The highest BCUT2D eigenvalue weighted by Crippen LogP contribution is 2.49. The smallest absolute Gasteiger partial charge is 0.311 e. The summed E-state index contributed by atoms with van der Waals surface area (Å²) in [4.78, 5) is 53.9. The molecule has 2 amide bonds. The van der Waals surface area contributed by atoms with Gasteiger partial charge in [-0.1, -0.05) is 31.0 Å². The Balaban J connectivity index is 2.50. The lowest BCUT2D eigenvalue weighted by atomic mass is 9.55. The molecule has 1 aliphatic carbocycles. The zero-order chi connectivity index (χ0) is 28.3. The van der Waals surface area contributed by atoms with Gasteiger partial charge in [0.15, 0.2) is 0 Å². The number of ether oxygens (including phenoxy) is 2. The Morgan fingerprint density at radius 2 is 1.16 bits per heavy atom. The van der Waals surface area contributed by atoms with Crippen LogP contribution in [-0.4, -0.2) is 40.5 Å². The molecular formula is C29H44N2O6. The van der Waals surface area contributed by atoms with Crippen molar-refractivity contribution in [2.24, 2.45) is 23.7 Å². The number of hydrogen-bond donors (Lipinski definition) is 2. The molecule has 1 aliphatic rings. The monoisotopic (exact) mass is 516 g/mol. The van der Waals surface area contributed by atoms with E-state index in [2.05, 4.69) is 10.6 Å². The number of aryl methyl sites for hydroxylation is 1. The number of carbonyl (C=O) groups is 4. The van der Waals surface area contributed by atoms with Crippen LogP contribution in [0.3, 0.4) is 0 Å². The van der Waals surface area contributed by atoms with E-state index in [1.54, 1.807) is 53.7 Å². The van der Waals surface area contributed by atoms with Gasteiger partial charge in [0, 0.05) is 11.2 Å². The van der Waals surface area contributed by atoms with Crippen LogP contribution in [0.5, 0.6) is 0 Å². The van der Waals surface area contributed by atoms with Gasteiger partial charge in [-0.2, -0.15) is 0 Å². The van der Waals surface area contributed by atoms with Crippen molar-refractivity contribution in [2.75, 3.05) is 5.32 Å². The highest BCUT2D eigenvalue weighted by Gasteiger charge is 2.65. The molecule has 206 valence electrons. The number of anilines is 1. The summed E-state index contributed by atoms with van der Waals surface area (Å²) in [6.45, 7) is 18.0. The van der Waals surface area contributed by atoms with E-state index in [9.17, 15) is 19.2 Å². The van der Waals surface area contributed by atoms with E-state index in [4.69, 9.17) is 9.47 Å². The number of nitrogens with one attached hydrogen (secondary N) is 2. The predicted octanol–water partition coefficient (Wildman–Crippen LogP) is 4.79. The van der Waals surface area contributed by atoms with Crippen molar-refractivity contribution in [1.29, 1.82) is 0 Å². The molecule has 0 aromatic heterocycles. The lowest BCUT2D eigenvalue weighted by molar-refractivity contribution is -0.195. The normalized spacial score (nSPS) is 21.9. The SMILES string of the molecule is CCCC(C)(C)NC(=O)C1C(C(=O)OC(C)(C)C)C(C(=O)Nc2ccc(C)cc2)C1C(=O)OC(C)(C)C. The standard InChI is InChI=1S/C29H44N2O6/c1-11-16-29(9,10)31-24(33)20-21(25(34)36-27(3,4)5)19(22(20)26(35)37-28(6,7)8)23(32)30-18-14-12-17(2)13-15-18/h12-15,19-22H,11,16H2,1-10H3,(H,30,32)(H,31,33). The third kappa shape index (κ3) is 8.30. The third-order valence-electron chi connectivity index (χ3n) is 6.17. The van der Waals surface area contributed by atoms with Crippen LogP contribution in [0.15, 0.2) is 24.3 Å². The number of benzene rings is 1. The van der Waals surface area contributed by atoms with Gasteiger partial charge in [0.1, 0.15) is 11.2 Å². The molecule has 0 aliphatic heterocycles. The van der Waals surface area contributed by atoms with Gasteiger partial charge < -0.3 is 20.1 Å². The summed E-state index contributed by atoms with van der Waals surface area (Å²) >= 11 is 0. The Morgan fingerprint density at radius 1 is 0.730 bits per heavy atom. The molecule has 0 saturated heterocycles. The fraction of sp³-hybridized carbons (Fsp3) is 0.655. The highest BCUT2D eigenvalue weighted by molar-refractivity contribution is 6.04. The Kier molecular flexibility index (Phi) is 9.21. The average Bonchev–Trinajstić information content (AvgIpc) is 2.65. The maximum atomic E-state index is 13.6. The molecule has 8 heteroatoms. The maximum absolute atomic E-state index is 13.6. The van der Waals surface area contributed by atoms with E-state index in [0.717, 1.165) is 12.0 Å². The molecule has 37 heavy (non-hydrogen) atoms. The Labute approximate surface area is 221 Å². The Hall–Kier alpha value is -2.90. The van der Waals surface area contributed by atoms with E-state index < -0.39 is 64.2 Å². The van der Waals surface area contributed by atoms with Gasteiger partial charge in [-0.15, -0.1) is 0 Å². The molecule has 2 unspecified atom stereocenters. The molecule has 8 nitrogen and oxygen atoms in total. The second kappa shape index (κ2) is 11.2. The fourth-order valence-corrected chi connectivity index (χ4v) is 4.69. The second-order valence-corrected chi connectivity index (χ2v) is 12.6. The first-order chi connectivity index (χ1) is 16.8. The summed E-state index contributed by atoms with van der Waals surface area (Å²) in [6, 6.07) is 7.18. The molecule has 1 aromatic rings. The van der Waals surface area contributed by atoms with E-state index in [0.29, 0.717) is 12.1 Å². The van der Waals surface area contributed by atoms with Gasteiger partial charge in [0.05, 0.1) is 23.7 Å². The minimum Gasteiger partial charge on any atom is -0.460 e. The van der Waals surface area contributed by atoms with Crippen LogP contribution in [0.25, 0.3) is 0 Å². The van der Waals surface area contributed by atoms with E-state index in [1.165, 1.54) is 0 Å². The van der Waals surface area contributed by atoms with Crippen molar-refractivity contribution in [3.05, 3.63) is 29.8 Å². The van der Waals surface area contributed by atoms with Gasteiger partial charge in [0.2, 0.25) is 11.8 Å². The minimum atomic E-state index is -1.14. The van der Waals surface area contributed by atoms with Gasteiger partial charge >= 0.3 is 11.9 Å². The summed E-state index contributed by atoms with van der Waals surface area (Å²) in [5, 5.41) is 5.79. The predicted molar refractivity (Wildman–Crippen MR) is 143 cm³/mol. The first-order valence-electron chi connectivity index (χ1n) is 13.0. The van der Waals surface area contributed by atoms with E-state index >= 15 is 0 Å². The van der Waals surface area contributed by atoms with Crippen LogP contribution < -0.4 is 10.6 Å². The van der Waals surface area contributed by atoms with Gasteiger partial charge in [-0.3, -0.25) is 19.2 Å².